The number of halogens is 1. The molecule has 3 N–H and O–H groups in total. The number of nitrogens with two attached hydrogens (primary N) is 1. The summed E-state index contributed by atoms with van der Waals surface area (Å²) in [7, 11) is 0. The second kappa shape index (κ2) is 4.19. The minimum Gasteiger partial charge on any atom is -0.399 e. The lowest BCUT2D eigenvalue weighted by Gasteiger charge is -2.06. The first-order valence-electron chi connectivity index (χ1n) is 4.49. The van der Waals surface area contributed by atoms with Crippen molar-refractivity contribution in [1.82, 2.24) is 4.98 Å². The van der Waals surface area contributed by atoms with Crippen molar-refractivity contribution in [3.8, 4) is 0 Å². The van der Waals surface area contributed by atoms with E-state index in [2.05, 4.69) is 10.3 Å². The molecule has 4 heteroatoms. The largest absolute Gasteiger partial charge is 0.399 e. The Kier molecular flexibility index (Phi) is 2.74. The third-order valence-corrected chi connectivity index (χ3v) is 2.24. The van der Waals surface area contributed by atoms with Crippen molar-refractivity contribution in [3.05, 3.63) is 47.6 Å². The molecule has 1 heterocycles. The van der Waals surface area contributed by atoms with E-state index in [4.69, 9.17) is 17.3 Å². The van der Waals surface area contributed by atoms with Crippen LogP contribution in [0.2, 0.25) is 5.02 Å². The second-order valence-electron chi connectivity index (χ2n) is 3.08. The van der Waals surface area contributed by atoms with Crippen molar-refractivity contribution in [2.24, 2.45) is 0 Å². The zero-order chi connectivity index (χ0) is 10.7. The molecule has 2 aromatic rings. The van der Waals surface area contributed by atoms with Gasteiger partial charge < -0.3 is 11.1 Å². The van der Waals surface area contributed by atoms with E-state index < -0.39 is 0 Å². The first-order valence-corrected chi connectivity index (χ1v) is 4.86. The van der Waals surface area contributed by atoms with Crippen LogP contribution < -0.4 is 11.1 Å². The lowest BCUT2D eigenvalue weighted by molar-refractivity contribution is 1.31. The summed E-state index contributed by atoms with van der Waals surface area (Å²) >= 11 is 5.96. The Morgan fingerprint density at radius 2 is 1.87 bits per heavy atom. The van der Waals surface area contributed by atoms with E-state index in [0.29, 0.717) is 10.8 Å². The zero-order valence-corrected chi connectivity index (χ0v) is 8.70. The van der Waals surface area contributed by atoms with Crippen LogP contribution in [0.1, 0.15) is 0 Å². The van der Waals surface area contributed by atoms with Gasteiger partial charge in [0.1, 0.15) is 5.82 Å². The van der Waals surface area contributed by atoms with E-state index in [9.17, 15) is 0 Å². The molecule has 0 amide bonds. The zero-order valence-electron chi connectivity index (χ0n) is 7.94. The third kappa shape index (κ3) is 2.39. The summed E-state index contributed by atoms with van der Waals surface area (Å²) in [6, 6.07) is 11.0. The van der Waals surface area contributed by atoms with Crippen LogP contribution in [0.4, 0.5) is 17.2 Å². The third-order valence-electron chi connectivity index (χ3n) is 1.93. The number of hydrogen-bond acceptors (Lipinski definition) is 3. The van der Waals surface area contributed by atoms with Gasteiger partial charge in [-0.3, -0.25) is 0 Å². The molecule has 0 aliphatic carbocycles. The Morgan fingerprint density at radius 3 is 2.53 bits per heavy atom. The first kappa shape index (κ1) is 9.80. The van der Waals surface area contributed by atoms with Gasteiger partial charge in [0.15, 0.2) is 0 Å². The summed E-state index contributed by atoms with van der Waals surface area (Å²) in [5.41, 5.74) is 7.22. The summed E-state index contributed by atoms with van der Waals surface area (Å²) in [6.45, 7) is 0. The van der Waals surface area contributed by atoms with Crippen LogP contribution in [-0.4, -0.2) is 4.98 Å². The fraction of sp³-hybridized carbons (Fsp3) is 0. The SMILES string of the molecule is Nc1ccc(Nc2ncccc2Cl)cc1. The van der Waals surface area contributed by atoms with E-state index >= 15 is 0 Å². The Labute approximate surface area is 92.9 Å². The molecule has 0 aliphatic heterocycles. The maximum absolute atomic E-state index is 5.96. The van der Waals surface area contributed by atoms with Crippen LogP contribution in [0, 0.1) is 0 Å². The fourth-order valence-electron chi connectivity index (χ4n) is 1.18. The number of benzene rings is 1. The van der Waals surface area contributed by atoms with E-state index in [0.717, 1.165) is 11.4 Å². The van der Waals surface area contributed by atoms with Gasteiger partial charge in [-0.25, -0.2) is 4.98 Å². The van der Waals surface area contributed by atoms with Crippen LogP contribution in [0.25, 0.3) is 0 Å². The summed E-state index contributed by atoms with van der Waals surface area (Å²) in [6.07, 6.45) is 1.69. The number of hydrogen-bond donors (Lipinski definition) is 2. The van der Waals surface area contributed by atoms with Crippen LogP contribution in [0.15, 0.2) is 42.6 Å². The Bertz CT molecular complexity index is 454. The highest BCUT2D eigenvalue weighted by atomic mass is 35.5. The lowest BCUT2D eigenvalue weighted by atomic mass is 10.3. The van der Waals surface area contributed by atoms with Gasteiger partial charge in [-0.2, -0.15) is 0 Å². The maximum atomic E-state index is 5.96. The van der Waals surface area contributed by atoms with Gasteiger partial charge in [-0.1, -0.05) is 11.6 Å². The number of aromatic nitrogens is 1. The molecule has 0 aliphatic rings. The van der Waals surface area contributed by atoms with Crippen LogP contribution in [0.3, 0.4) is 0 Å². The fourth-order valence-corrected chi connectivity index (χ4v) is 1.35. The summed E-state index contributed by atoms with van der Waals surface area (Å²) in [5, 5.41) is 3.69. The molecule has 15 heavy (non-hydrogen) atoms. The molecular weight excluding hydrogens is 210 g/mol. The van der Waals surface area contributed by atoms with Gasteiger partial charge >= 0.3 is 0 Å². The normalized spacial score (nSPS) is 9.93. The van der Waals surface area contributed by atoms with Gasteiger partial charge in [0.25, 0.3) is 0 Å². The highest BCUT2D eigenvalue weighted by Crippen LogP contribution is 2.22. The Hall–Kier alpha value is -1.74. The molecule has 2 rings (SSSR count). The monoisotopic (exact) mass is 219 g/mol. The molecule has 0 saturated carbocycles. The van der Waals surface area contributed by atoms with Gasteiger partial charge in [0, 0.05) is 17.6 Å². The van der Waals surface area contributed by atoms with Crippen molar-refractivity contribution in [2.45, 2.75) is 0 Å². The molecule has 0 unspecified atom stereocenters. The molecule has 0 saturated heterocycles. The number of nitrogens with zero attached hydrogens (tertiary/aromatic N) is 1. The highest BCUT2D eigenvalue weighted by molar-refractivity contribution is 6.33. The molecular formula is C11H10ClN3. The topological polar surface area (TPSA) is 50.9 Å². The molecule has 0 spiro atoms. The van der Waals surface area contributed by atoms with Gasteiger partial charge in [0.2, 0.25) is 0 Å². The maximum Gasteiger partial charge on any atom is 0.149 e. The van der Waals surface area contributed by atoms with Crippen molar-refractivity contribution < 1.29 is 0 Å². The van der Waals surface area contributed by atoms with E-state index in [-0.39, 0.29) is 0 Å². The van der Waals surface area contributed by atoms with Crippen molar-refractivity contribution in [1.29, 1.82) is 0 Å². The molecule has 0 atom stereocenters. The highest BCUT2D eigenvalue weighted by Gasteiger charge is 2.00. The van der Waals surface area contributed by atoms with E-state index in [1.807, 2.05) is 24.3 Å². The molecule has 1 aromatic carbocycles. The Morgan fingerprint density at radius 1 is 1.13 bits per heavy atom. The molecule has 0 bridgehead atoms. The predicted octanol–water partition coefficient (Wildman–Crippen LogP) is 3.06. The van der Waals surface area contributed by atoms with Crippen molar-refractivity contribution in [2.75, 3.05) is 11.1 Å². The molecule has 1 aromatic heterocycles. The number of nitrogens with one attached hydrogen (secondary N) is 1. The number of pyridine rings is 1. The van der Waals surface area contributed by atoms with E-state index in [1.165, 1.54) is 0 Å². The quantitative estimate of drug-likeness (QED) is 0.764. The smallest absolute Gasteiger partial charge is 0.149 e. The minimum absolute atomic E-state index is 0.592. The van der Waals surface area contributed by atoms with Gasteiger partial charge in [-0.15, -0.1) is 0 Å². The standard InChI is InChI=1S/C11H10ClN3/c12-10-2-1-7-14-11(10)15-9-5-3-8(13)4-6-9/h1-7H,13H2,(H,14,15). The number of anilines is 3. The van der Waals surface area contributed by atoms with Crippen LogP contribution in [0.5, 0.6) is 0 Å². The van der Waals surface area contributed by atoms with Crippen LogP contribution in [-0.2, 0) is 0 Å². The molecule has 3 nitrogen and oxygen atoms in total. The Balaban J connectivity index is 2.22. The van der Waals surface area contributed by atoms with Crippen molar-refractivity contribution >= 4 is 28.8 Å². The van der Waals surface area contributed by atoms with Crippen molar-refractivity contribution in [3.63, 3.8) is 0 Å². The molecule has 0 radical (unpaired) electrons. The van der Waals surface area contributed by atoms with Crippen LogP contribution >= 0.6 is 11.6 Å². The molecule has 0 fully saturated rings. The minimum atomic E-state index is 0.592. The summed E-state index contributed by atoms with van der Waals surface area (Å²) < 4.78 is 0. The first-order chi connectivity index (χ1) is 7.25. The number of rotatable bonds is 2. The van der Waals surface area contributed by atoms with Gasteiger partial charge in [-0.05, 0) is 36.4 Å². The average Bonchev–Trinajstić information content (AvgIpc) is 2.25. The predicted molar refractivity (Wildman–Crippen MR) is 63.4 cm³/mol. The second-order valence-corrected chi connectivity index (χ2v) is 3.49. The van der Waals surface area contributed by atoms with Gasteiger partial charge in [0.05, 0.1) is 5.02 Å². The van der Waals surface area contributed by atoms with E-state index in [1.54, 1.807) is 18.3 Å². The summed E-state index contributed by atoms with van der Waals surface area (Å²) in [4.78, 5) is 4.12. The molecule has 76 valence electrons. The summed E-state index contributed by atoms with van der Waals surface area (Å²) in [5.74, 6) is 0.643. The number of nitrogen functional groups attached to an aromatic ring is 1. The average molecular weight is 220 g/mol. The lowest BCUT2D eigenvalue weighted by Crippen LogP contribution is -1.94.